The number of hydrogen-bond donors (Lipinski definition) is 1. The third-order valence-electron chi connectivity index (χ3n) is 3.51. The SMILES string of the molecule is COCCS(=O)(=O)c1ccc(CNC(=O)N2CCCCO2)cc1. The number of amides is 2. The lowest BCUT2D eigenvalue weighted by Gasteiger charge is -2.25. The lowest BCUT2D eigenvalue weighted by Crippen LogP contribution is -2.42. The fourth-order valence-corrected chi connectivity index (χ4v) is 3.32. The van der Waals surface area contributed by atoms with Crippen molar-refractivity contribution in [3.05, 3.63) is 29.8 Å². The van der Waals surface area contributed by atoms with Crippen molar-refractivity contribution >= 4 is 15.9 Å². The van der Waals surface area contributed by atoms with Crippen molar-refractivity contribution in [2.45, 2.75) is 24.3 Å². The first-order valence-electron chi connectivity index (χ1n) is 7.52. The van der Waals surface area contributed by atoms with Gasteiger partial charge in [0.15, 0.2) is 9.84 Å². The number of urea groups is 1. The second kappa shape index (κ2) is 8.28. The molecule has 0 atom stereocenters. The number of benzene rings is 1. The van der Waals surface area contributed by atoms with Crippen LogP contribution in [0.3, 0.4) is 0 Å². The second-order valence-electron chi connectivity index (χ2n) is 5.26. The zero-order valence-electron chi connectivity index (χ0n) is 13.2. The molecule has 1 saturated heterocycles. The molecule has 1 aliphatic rings. The van der Waals surface area contributed by atoms with E-state index in [1.54, 1.807) is 24.3 Å². The van der Waals surface area contributed by atoms with E-state index in [1.165, 1.54) is 12.2 Å². The van der Waals surface area contributed by atoms with Crippen LogP contribution in [-0.4, -0.2) is 52.1 Å². The summed E-state index contributed by atoms with van der Waals surface area (Å²) in [4.78, 5) is 17.4. The Hall–Kier alpha value is -1.64. The van der Waals surface area contributed by atoms with E-state index < -0.39 is 9.84 Å². The Balaban J connectivity index is 1.88. The summed E-state index contributed by atoms with van der Waals surface area (Å²) in [6, 6.07) is 6.20. The number of hydroxylamine groups is 2. The van der Waals surface area contributed by atoms with Gasteiger partial charge >= 0.3 is 6.03 Å². The number of carbonyl (C=O) groups is 1. The first-order chi connectivity index (χ1) is 11.0. The maximum atomic E-state index is 12.0. The standard InChI is InChI=1S/C15H22N2O5S/c1-21-10-11-23(19,20)14-6-4-13(5-7-14)12-16-15(18)17-8-2-3-9-22-17/h4-7H,2-3,8-12H2,1H3,(H,16,18). The number of hydrogen-bond acceptors (Lipinski definition) is 5. The summed E-state index contributed by atoms with van der Waals surface area (Å²) in [5.74, 6) is -0.0497. The number of sulfone groups is 1. The Morgan fingerprint density at radius 1 is 1.30 bits per heavy atom. The van der Waals surface area contributed by atoms with Crippen LogP contribution in [0.15, 0.2) is 29.2 Å². The van der Waals surface area contributed by atoms with Crippen LogP contribution in [0.4, 0.5) is 4.79 Å². The zero-order valence-corrected chi connectivity index (χ0v) is 14.0. The van der Waals surface area contributed by atoms with Gasteiger partial charge < -0.3 is 10.1 Å². The summed E-state index contributed by atoms with van der Waals surface area (Å²) in [6.07, 6.45) is 1.89. The topological polar surface area (TPSA) is 84.9 Å². The molecule has 8 heteroatoms. The van der Waals surface area contributed by atoms with E-state index in [-0.39, 0.29) is 23.3 Å². The van der Waals surface area contributed by atoms with Crippen molar-refractivity contribution in [2.24, 2.45) is 0 Å². The van der Waals surface area contributed by atoms with Gasteiger partial charge in [-0.05, 0) is 30.5 Å². The molecule has 0 unspecified atom stereocenters. The minimum atomic E-state index is -3.33. The molecule has 1 heterocycles. The van der Waals surface area contributed by atoms with Gasteiger partial charge in [0, 0.05) is 13.7 Å². The van der Waals surface area contributed by atoms with E-state index >= 15 is 0 Å². The third kappa shape index (κ3) is 5.19. The molecule has 0 aromatic heterocycles. The summed E-state index contributed by atoms with van der Waals surface area (Å²) in [5, 5.41) is 4.08. The highest BCUT2D eigenvalue weighted by Gasteiger charge is 2.17. The molecule has 1 aromatic rings. The fourth-order valence-electron chi connectivity index (χ4n) is 2.15. The largest absolute Gasteiger partial charge is 0.384 e. The first-order valence-corrected chi connectivity index (χ1v) is 9.17. The average Bonchev–Trinajstić information content (AvgIpc) is 2.59. The van der Waals surface area contributed by atoms with Crippen molar-refractivity contribution in [1.29, 1.82) is 0 Å². The number of carbonyl (C=O) groups excluding carboxylic acids is 1. The summed E-state index contributed by atoms with van der Waals surface area (Å²) >= 11 is 0. The lowest BCUT2D eigenvalue weighted by atomic mass is 10.2. The number of ether oxygens (including phenoxy) is 1. The van der Waals surface area contributed by atoms with Gasteiger partial charge in [0.2, 0.25) is 0 Å². The highest BCUT2D eigenvalue weighted by atomic mass is 32.2. The molecule has 7 nitrogen and oxygen atoms in total. The molecule has 128 valence electrons. The second-order valence-corrected chi connectivity index (χ2v) is 7.37. The van der Waals surface area contributed by atoms with Gasteiger partial charge in [-0.25, -0.2) is 18.3 Å². The van der Waals surface area contributed by atoms with Gasteiger partial charge in [-0.1, -0.05) is 12.1 Å². The molecular weight excluding hydrogens is 320 g/mol. The monoisotopic (exact) mass is 342 g/mol. The summed E-state index contributed by atoms with van der Waals surface area (Å²) in [5.41, 5.74) is 0.820. The van der Waals surface area contributed by atoms with E-state index in [4.69, 9.17) is 9.57 Å². The van der Waals surface area contributed by atoms with Crippen LogP contribution in [0.2, 0.25) is 0 Å². The molecule has 1 N–H and O–H groups in total. The number of methoxy groups -OCH3 is 1. The Kier molecular flexibility index (Phi) is 6.37. The lowest BCUT2D eigenvalue weighted by molar-refractivity contribution is -0.139. The van der Waals surface area contributed by atoms with E-state index in [0.29, 0.717) is 19.7 Å². The van der Waals surface area contributed by atoms with Crippen molar-refractivity contribution in [1.82, 2.24) is 10.4 Å². The van der Waals surface area contributed by atoms with Crippen LogP contribution < -0.4 is 5.32 Å². The molecule has 0 radical (unpaired) electrons. The minimum absolute atomic E-state index is 0.0497. The molecule has 0 spiro atoms. The molecule has 0 saturated carbocycles. The minimum Gasteiger partial charge on any atom is -0.384 e. The zero-order chi connectivity index (χ0) is 16.7. The summed E-state index contributed by atoms with van der Waals surface area (Å²) in [6.45, 7) is 1.62. The number of rotatable bonds is 6. The molecular formula is C15H22N2O5S. The Bertz CT molecular complexity index is 609. The summed E-state index contributed by atoms with van der Waals surface area (Å²) < 4.78 is 28.8. The van der Waals surface area contributed by atoms with Gasteiger partial charge in [-0.2, -0.15) is 0 Å². The van der Waals surface area contributed by atoms with E-state index in [0.717, 1.165) is 18.4 Å². The maximum Gasteiger partial charge on any atom is 0.341 e. The summed E-state index contributed by atoms with van der Waals surface area (Å²) in [7, 11) is -1.86. The van der Waals surface area contributed by atoms with Crippen LogP contribution in [0.1, 0.15) is 18.4 Å². The number of nitrogens with zero attached hydrogens (tertiary/aromatic N) is 1. The maximum absolute atomic E-state index is 12.0. The van der Waals surface area contributed by atoms with E-state index in [1.807, 2.05) is 0 Å². The number of nitrogens with one attached hydrogen (secondary N) is 1. The molecule has 1 aliphatic heterocycles. The third-order valence-corrected chi connectivity index (χ3v) is 5.21. The van der Waals surface area contributed by atoms with Crippen LogP contribution in [0.25, 0.3) is 0 Å². The molecule has 2 amide bonds. The molecule has 0 bridgehead atoms. The van der Waals surface area contributed by atoms with E-state index in [2.05, 4.69) is 5.32 Å². The molecule has 23 heavy (non-hydrogen) atoms. The fraction of sp³-hybridized carbons (Fsp3) is 0.533. The van der Waals surface area contributed by atoms with E-state index in [9.17, 15) is 13.2 Å². The average molecular weight is 342 g/mol. The predicted molar refractivity (Wildman–Crippen MR) is 84.5 cm³/mol. The smallest absolute Gasteiger partial charge is 0.341 e. The first kappa shape index (κ1) is 17.7. The van der Waals surface area contributed by atoms with Crippen molar-refractivity contribution < 1.29 is 22.8 Å². The van der Waals surface area contributed by atoms with Gasteiger partial charge in [0.25, 0.3) is 0 Å². The van der Waals surface area contributed by atoms with Gasteiger partial charge in [-0.3, -0.25) is 4.84 Å². The molecule has 1 aromatic carbocycles. The van der Waals surface area contributed by atoms with Gasteiger partial charge in [0.1, 0.15) is 0 Å². The molecule has 2 rings (SSSR count). The van der Waals surface area contributed by atoms with Crippen molar-refractivity contribution in [2.75, 3.05) is 32.6 Å². The van der Waals surface area contributed by atoms with Gasteiger partial charge in [0.05, 0.1) is 30.4 Å². The molecule has 0 aliphatic carbocycles. The predicted octanol–water partition coefficient (Wildman–Crippen LogP) is 1.34. The normalized spacial score (nSPS) is 15.4. The van der Waals surface area contributed by atoms with Crippen LogP contribution in [0, 0.1) is 0 Å². The van der Waals surface area contributed by atoms with Gasteiger partial charge in [-0.15, -0.1) is 0 Å². The highest BCUT2D eigenvalue weighted by Crippen LogP contribution is 2.13. The van der Waals surface area contributed by atoms with Crippen LogP contribution >= 0.6 is 0 Å². The Morgan fingerprint density at radius 2 is 2.04 bits per heavy atom. The molecule has 1 fully saturated rings. The Labute approximate surface area is 136 Å². The van der Waals surface area contributed by atoms with Crippen LogP contribution in [-0.2, 0) is 26.0 Å². The van der Waals surface area contributed by atoms with Crippen molar-refractivity contribution in [3.63, 3.8) is 0 Å². The van der Waals surface area contributed by atoms with Crippen LogP contribution in [0.5, 0.6) is 0 Å². The highest BCUT2D eigenvalue weighted by molar-refractivity contribution is 7.91. The van der Waals surface area contributed by atoms with Crippen molar-refractivity contribution in [3.8, 4) is 0 Å². The quantitative estimate of drug-likeness (QED) is 0.843. The Morgan fingerprint density at radius 3 is 2.65 bits per heavy atom.